The molecule has 2 nitrogen and oxygen atoms in total. The molecule has 0 aromatic heterocycles. The van der Waals surface area contributed by atoms with Crippen LogP contribution in [-0.4, -0.2) is 5.97 Å². The van der Waals surface area contributed by atoms with Gasteiger partial charge in [0.1, 0.15) is 0 Å². The minimum absolute atomic E-state index is 0. The first-order chi connectivity index (χ1) is 5.95. The van der Waals surface area contributed by atoms with Gasteiger partial charge in [0.15, 0.2) is 23.3 Å². The van der Waals surface area contributed by atoms with Crippen molar-refractivity contribution < 1.29 is 46.3 Å². The van der Waals surface area contributed by atoms with Crippen molar-refractivity contribution in [2.75, 3.05) is 0 Å². The van der Waals surface area contributed by atoms with Crippen LogP contribution in [0.3, 0.4) is 0 Å². The first kappa shape index (κ1) is 13.0. The fourth-order valence-electron chi connectivity index (χ4n) is 0.721. The fourth-order valence-corrected chi connectivity index (χ4v) is 0.721. The Morgan fingerprint density at radius 2 is 1.57 bits per heavy atom. The molecule has 0 radical (unpaired) electrons. The van der Waals surface area contributed by atoms with Crippen LogP contribution < -0.4 is 24.0 Å². The van der Waals surface area contributed by atoms with Crippen LogP contribution in [0.4, 0.5) is 17.6 Å². The number of halogens is 4. The molecule has 0 bridgehead atoms. The van der Waals surface area contributed by atoms with Gasteiger partial charge in [-0.3, -0.25) is 0 Å². The van der Waals surface area contributed by atoms with Crippen molar-refractivity contribution in [2.45, 2.75) is 0 Å². The zero-order chi connectivity index (χ0) is 10.2. The maximum absolute atomic E-state index is 12.5. The molecule has 0 spiro atoms. The van der Waals surface area contributed by atoms with Gasteiger partial charge in [-0.15, -0.1) is 0 Å². The molecule has 1 rings (SSSR count). The Morgan fingerprint density at radius 3 is 2.00 bits per heavy atom. The first-order valence-electron chi connectivity index (χ1n) is 2.99. The number of benzene rings is 1. The van der Waals surface area contributed by atoms with Gasteiger partial charge in [0.25, 0.3) is 0 Å². The molecule has 0 N–H and O–H groups in total. The molecule has 0 fully saturated rings. The third-order valence-electron chi connectivity index (χ3n) is 1.32. The summed E-state index contributed by atoms with van der Waals surface area (Å²) in [6, 6.07) is 0.0169. The number of carbonyl (C=O) groups is 1. The van der Waals surface area contributed by atoms with Crippen molar-refractivity contribution in [3.05, 3.63) is 34.9 Å². The summed E-state index contributed by atoms with van der Waals surface area (Å²) < 4.78 is 49.4. The Balaban J connectivity index is 0.00000169. The normalized spacial score (nSPS) is 9.43. The topological polar surface area (TPSA) is 40.1 Å². The zero-order valence-electron chi connectivity index (χ0n) is 6.91. The summed E-state index contributed by atoms with van der Waals surface area (Å²) in [4.78, 5) is 10.0. The van der Waals surface area contributed by atoms with E-state index in [1.807, 2.05) is 0 Å². The maximum Gasteiger partial charge on any atom is 1.00 e. The number of carboxylic acids is 1. The van der Waals surface area contributed by atoms with E-state index in [1.165, 1.54) is 0 Å². The zero-order valence-corrected chi connectivity index (χ0v) is 6.91. The quantitative estimate of drug-likeness (QED) is 0.219. The molecule has 0 aliphatic heterocycles. The van der Waals surface area contributed by atoms with Gasteiger partial charge in [0, 0.05) is 5.56 Å². The predicted molar refractivity (Wildman–Crippen MR) is 30.6 cm³/mol. The summed E-state index contributed by atoms with van der Waals surface area (Å²) in [5.41, 5.74) is -1.35. The number of hydrogen-bond donors (Lipinski definition) is 0. The van der Waals surface area contributed by atoms with Crippen molar-refractivity contribution in [2.24, 2.45) is 0 Å². The van der Waals surface area contributed by atoms with Crippen LogP contribution in [0.15, 0.2) is 6.07 Å². The van der Waals surface area contributed by atoms with E-state index >= 15 is 0 Å². The van der Waals surface area contributed by atoms with Crippen molar-refractivity contribution in [3.63, 3.8) is 0 Å². The summed E-state index contributed by atoms with van der Waals surface area (Å²) in [6.45, 7) is 0. The molecule has 14 heavy (non-hydrogen) atoms. The third-order valence-corrected chi connectivity index (χ3v) is 1.32. The third kappa shape index (κ3) is 2.08. The number of rotatable bonds is 1. The molecular weight excluding hydrogens is 199 g/mol. The van der Waals surface area contributed by atoms with Crippen molar-refractivity contribution in [3.8, 4) is 0 Å². The number of aromatic carboxylic acids is 1. The van der Waals surface area contributed by atoms with Gasteiger partial charge < -0.3 is 9.90 Å². The van der Waals surface area contributed by atoms with Gasteiger partial charge >= 0.3 is 18.9 Å². The van der Waals surface area contributed by atoms with Gasteiger partial charge in [-0.25, -0.2) is 17.6 Å². The molecule has 0 saturated carbocycles. The SMILES string of the molecule is O=C([O-])c1cc(F)c(F)c(F)c1F.[Li+]. The van der Waals surface area contributed by atoms with Crippen LogP contribution in [0.2, 0.25) is 0 Å². The smallest absolute Gasteiger partial charge is 0.545 e. The molecular formula is C7HF4LiO2. The van der Waals surface area contributed by atoms with E-state index in [2.05, 4.69) is 0 Å². The Morgan fingerprint density at radius 1 is 1.07 bits per heavy atom. The molecule has 0 heterocycles. The maximum atomic E-state index is 12.5. The second-order valence-corrected chi connectivity index (χ2v) is 2.14. The van der Waals surface area contributed by atoms with E-state index in [9.17, 15) is 27.5 Å². The van der Waals surface area contributed by atoms with Crippen LogP contribution in [0, 0.1) is 23.3 Å². The Kier molecular flexibility index (Phi) is 4.17. The van der Waals surface area contributed by atoms with Crippen LogP contribution in [0.5, 0.6) is 0 Å². The van der Waals surface area contributed by atoms with Crippen LogP contribution in [0.25, 0.3) is 0 Å². The summed E-state index contributed by atoms with van der Waals surface area (Å²) >= 11 is 0. The first-order valence-corrected chi connectivity index (χ1v) is 2.99. The van der Waals surface area contributed by atoms with Crippen molar-refractivity contribution in [1.29, 1.82) is 0 Å². The molecule has 1 aromatic rings. The predicted octanol–water partition coefficient (Wildman–Crippen LogP) is -2.39. The molecule has 0 aliphatic carbocycles. The minimum Gasteiger partial charge on any atom is -0.545 e. The van der Waals surface area contributed by atoms with Crippen LogP contribution >= 0.6 is 0 Å². The van der Waals surface area contributed by atoms with E-state index in [4.69, 9.17) is 0 Å². The summed E-state index contributed by atoms with van der Waals surface area (Å²) in [5.74, 6) is -10.1. The van der Waals surface area contributed by atoms with E-state index < -0.39 is 34.8 Å². The molecule has 0 atom stereocenters. The number of carbonyl (C=O) groups excluding carboxylic acids is 1. The second kappa shape index (κ2) is 4.49. The van der Waals surface area contributed by atoms with E-state index in [0.29, 0.717) is 0 Å². The standard InChI is InChI=1S/C7H2F4O2.Li/c8-3-1-2(7(12)13)4(9)6(11)5(3)10;/h1H,(H,12,13);/q;+1/p-1. The van der Waals surface area contributed by atoms with Gasteiger partial charge in [-0.05, 0) is 6.07 Å². The van der Waals surface area contributed by atoms with E-state index in [1.54, 1.807) is 0 Å². The second-order valence-electron chi connectivity index (χ2n) is 2.14. The summed E-state index contributed by atoms with van der Waals surface area (Å²) in [5, 5.41) is 10.0. The van der Waals surface area contributed by atoms with E-state index in [-0.39, 0.29) is 24.9 Å². The van der Waals surface area contributed by atoms with Crippen molar-refractivity contribution in [1.82, 2.24) is 0 Å². The van der Waals surface area contributed by atoms with Crippen LogP contribution in [-0.2, 0) is 0 Å². The van der Waals surface area contributed by atoms with Gasteiger partial charge in [0.2, 0.25) is 0 Å². The Labute approximate surface area is 87.7 Å². The average Bonchev–Trinajstić information content (AvgIpc) is 2.07. The molecule has 70 valence electrons. The monoisotopic (exact) mass is 200 g/mol. The molecule has 0 aliphatic rings. The Bertz CT molecular complexity index is 380. The largest absolute Gasteiger partial charge is 1.00 e. The number of hydrogen-bond acceptors (Lipinski definition) is 2. The summed E-state index contributed by atoms with van der Waals surface area (Å²) in [7, 11) is 0. The van der Waals surface area contributed by atoms with E-state index in [0.717, 1.165) is 0 Å². The van der Waals surface area contributed by atoms with Gasteiger partial charge in [-0.2, -0.15) is 0 Å². The Hall–Kier alpha value is -0.993. The van der Waals surface area contributed by atoms with Crippen LogP contribution in [0.1, 0.15) is 10.4 Å². The molecule has 1 aromatic carbocycles. The molecule has 7 heteroatoms. The molecule has 0 saturated heterocycles. The molecule has 0 unspecified atom stereocenters. The number of carboxylic acid groups (broad SMARTS) is 1. The minimum atomic E-state index is -2.17. The van der Waals surface area contributed by atoms with Crippen molar-refractivity contribution >= 4 is 5.97 Å². The summed E-state index contributed by atoms with van der Waals surface area (Å²) in [6.07, 6.45) is 0. The molecule has 0 amide bonds. The van der Waals surface area contributed by atoms with Gasteiger partial charge in [-0.1, -0.05) is 0 Å². The van der Waals surface area contributed by atoms with Gasteiger partial charge in [0.05, 0.1) is 5.97 Å². The fraction of sp³-hybridized carbons (Fsp3) is 0. The average molecular weight is 200 g/mol.